The predicted molar refractivity (Wildman–Crippen MR) is 123 cm³/mol. The third-order valence-electron chi connectivity index (χ3n) is 5.80. The quantitative estimate of drug-likeness (QED) is 0.387. The molecule has 0 bridgehead atoms. The molecule has 1 fully saturated rings. The van der Waals surface area contributed by atoms with Crippen LogP contribution in [0.25, 0.3) is 10.9 Å². The van der Waals surface area contributed by atoms with Gasteiger partial charge in [0.2, 0.25) is 5.91 Å². The summed E-state index contributed by atoms with van der Waals surface area (Å²) in [5, 5.41) is 3.89. The van der Waals surface area contributed by atoms with Crippen LogP contribution in [0.1, 0.15) is 38.5 Å². The lowest BCUT2D eigenvalue weighted by Gasteiger charge is -2.16. The van der Waals surface area contributed by atoms with Gasteiger partial charge >= 0.3 is 0 Å². The predicted octanol–water partition coefficient (Wildman–Crippen LogP) is 2.68. The molecular weight excluding hydrogens is 434 g/mol. The smallest absolute Gasteiger partial charge is 0.262 e. The fourth-order valence-electron chi connectivity index (χ4n) is 4.15. The first kappa shape index (κ1) is 22.1. The minimum Gasteiger partial charge on any atom is -0.352 e. The van der Waals surface area contributed by atoms with Gasteiger partial charge in [-0.3, -0.25) is 14.2 Å². The summed E-state index contributed by atoms with van der Waals surface area (Å²) in [5.41, 5.74) is 1.90. The SMILES string of the molecule is O=C(CSc1nc2ccccc2c(=O)n1CCC1=CCCCC1)N[C@@H]1CCS(=O)(=O)C1. The molecule has 1 amide bonds. The number of nitrogens with one attached hydrogen (secondary N) is 1. The van der Waals surface area contributed by atoms with Gasteiger partial charge in [0.25, 0.3) is 5.56 Å². The molecule has 1 aliphatic heterocycles. The Labute approximate surface area is 186 Å². The van der Waals surface area contributed by atoms with Crippen LogP contribution >= 0.6 is 11.8 Å². The van der Waals surface area contributed by atoms with E-state index in [0.717, 1.165) is 19.3 Å². The lowest BCUT2D eigenvalue weighted by atomic mass is 9.97. The first-order chi connectivity index (χ1) is 14.9. The van der Waals surface area contributed by atoms with E-state index < -0.39 is 9.84 Å². The molecule has 1 aliphatic carbocycles. The second kappa shape index (κ2) is 9.56. The Balaban J connectivity index is 1.50. The Morgan fingerprint density at radius 1 is 1.26 bits per heavy atom. The van der Waals surface area contributed by atoms with E-state index in [-0.39, 0.29) is 34.8 Å². The van der Waals surface area contributed by atoms with Crippen LogP contribution in [0, 0.1) is 0 Å². The number of carbonyl (C=O) groups excluding carboxylic acids is 1. The number of allylic oxidation sites excluding steroid dienone is 2. The molecule has 4 rings (SSSR count). The van der Waals surface area contributed by atoms with Gasteiger partial charge in [0.15, 0.2) is 15.0 Å². The van der Waals surface area contributed by atoms with Crippen molar-refractivity contribution in [2.75, 3.05) is 17.3 Å². The molecule has 1 N–H and O–H groups in total. The van der Waals surface area contributed by atoms with E-state index in [2.05, 4.69) is 16.4 Å². The van der Waals surface area contributed by atoms with Crippen LogP contribution in [-0.2, 0) is 21.2 Å². The summed E-state index contributed by atoms with van der Waals surface area (Å²) < 4.78 is 24.9. The number of aromatic nitrogens is 2. The molecule has 9 heteroatoms. The highest BCUT2D eigenvalue weighted by Crippen LogP contribution is 2.23. The normalized spacial score (nSPS) is 20.5. The first-order valence-corrected chi connectivity index (χ1v) is 13.5. The summed E-state index contributed by atoms with van der Waals surface area (Å²) in [6.45, 7) is 0.535. The summed E-state index contributed by atoms with van der Waals surface area (Å²) in [6.07, 6.45) is 8.12. The largest absolute Gasteiger partial charge is 0.352 e. The van der Waals surface area contributed by atoms with Gasteiger partial charge in [0, 0.05) is 12.6 Å². The van der Waals surface area contributed by atoms with Gasteiger partial charge in [-0.2, -0.15) is 0 Å². The van der Waals surface area contributed by atoms with Crippen molar-refractivity contribution in [3.63, 3.8) is 0 Å². The number of hydrogen-bond donors (Lipinski definition) is 1. The number of benzene rings is 1. The van der Waals surface area contributed by atoms with Crippen molar-refractivity contribution in [3.05, 3.63) is 46.3 Å². The van der Waals surface area contributed by atoms with Gasteiger partial charge < -0.3 is 5.32 Å². The molecule has 0 saturated carbocycles. The zero-order chi connectivity index (χ0) is 21.8. The topological polar surface area (TPSA) is 98.1 Å². The van der Waals surface area contributed by atoms with Crippen molar-refractivity contribution in [1.29, 1.82) is 0 Å². The molecule has 2 heterocycles. The van der Waals surface area contributed by atoms with Crippen LogP contribution in [0.5, 0.6) is 0 Å². The van der Waals surface area contributed by atoms with Crippen molar-refractivity contribution in [3.8, 4) is 0 Å². The molecule has 31 heavy (non-hydrogen) atoms. The molecule has 1 atom stereocenters. The van der Waals surface area contributed by atoms with E-state index in [4.69, 9.17) is 0 Å². The highest BCUT2D eigenvalue weighted by Gasteiger charge is 2.29. The van der Waals surface area contributed by atoms with Crippen LogP contribution in [0.3, 0.4) is 0 Å². The van der Waals surface area contributed by atoms with E-state index >= 15 is 0 Å². The molecule has 166 valence electrons. The van der Waals surface area contributed by atoms with E-state index in [1.165, 1.54) is 30.2 Å². The number of carbonyl (C=O) groups is 1. The number of sulfone groups is 1. The van der Waals surface area contributed by atoms with Crippen LogP contribution < -0.4 is 10.9 Å². The lowest BCUT2D eigenvalue weighted by Crippen LogP contribution is -2.36. The van der Waals surface area contributed by atoms with Crippen LogP contribution in [0.2, 0.25) is 0 Å². The summed E-state index contributed by atoms with van der Waals surface area (Å²) in [6, 6.07) is 6.92. The van der Waals surface area contributed by atoms with Gasteiger partial charge in [0.1, 0.15) is 0 Å². The molecule has 0 radical (unpaired) electrons. The summed E-state index contributed by atoms with van der Waals surface area (Å²) >= 11 is 1.22. The first-order valence-electron chi connectivity index (χ1n) is 10.7. The fraction of sp³-hybridized carbons (Fsp3) is 0.500. The number of thioether (sulfide) groups is 1. The molecule has 0 unspecified atom stereocenters. The Morgan fingerprint density at radius 2 is 2.10 bits per heavy atom. The minimum absolute atomic E-state index is 0.00253. The third-order valence-corrected chi connectivity index (χ3v) is 8.54. The monoisotopic (exact) mass is 461 g/mol. The molecular formula is C22H27N3O4S2. The Morgan fingerprint density at radius 3 is 2.84 bits per heavy atom. The third kappa shape index (κ3) is 5.57. The molecule has 1 aromatic carbocycles. The average molecular weight is 462 g/mol. The van der Waals surface area contributed by atoms with Crippen molar-refractivity contribution in [1.82, 2.24) is 14.9 Å². The summed E-state index contributed by atoms with van der Waals surface area (Å²) in [5.74, 6) is -0.0372. The van der Waals surface area contributed by atoms with E-state index in [1.807, 2.05) is 12.1 Å². The Kier molecular flexibility index (Phi) is 6.81. The summed E-state index contributed by atoms with van der Waals surface area (Å²) in [7, 11) is -3.05. The second-order valence-electron chi connectivity index (χ2n) is 8.18. The highest BCUT2D eigenvalue weighted by atomic mass is 32.2. The number of amides is 1. The number of fused-ring (bicyclic) bond motifs is 1. The van der Waals surface area contributed by atoms with Crippen molar-refractivity contribution < 1.29 is 13.2 Å². The van der Waals surface area contributed by atoms with E-state index in [9.17, 15) is 18.0 Å². The van der Waals surface area contributed by atoms with E-state index in [1.54, 1.807) is 16.7 Å². The molecule has 1 saturated heterocycles. The van der Waals surface area contributed by atoms with Gasteiger partial charge in [-0.05, 0) is 50.7 Å². The van der Waals surface area contributed by atoms with E-state index in [0.29, 0.717) is 29.0 Å². The number of nitrogens with zero attached hydrogens (tertiary/aromatic N) is 2. The molecule has 2 aliphatic rings. The van der Waals surface area contributed by atoms with Crippen molar-refractivity contribution in [2.45, 2.75) is 56.3 Å². The maximum Gasteiger partial charge on any atom is 0.262 e. The second-order valence-corrected chi connectivity index (χ2v) is 11.4. The fourth-order valence-corrected chi connectivity index (χ4v) is 6.66. The van der Waals surface area contributed by atoms with Crippen molar-refractivity contribution >= 4 is 38.4 Å². The Hall–Kier alpha value is -2.13. The molecule has 0 spiro atoms. The minimum atomic E-state index is -3.05. The van der Waals surface area contributed by atoms with Gasteiger partial charge in [-0.1, -0.05) is 35.5 Å². The average Bonchev–Trinajstić information content (AvgIpc) is 3.10. The maximum atomic E-state index is 13.1. The standard InChI is InChI=1S/C22H27N3O4S2/c26-20(23-17-11-13-31(28,29)15-17)14-30-22-24-19-9-5-4-8-18(19)21(27)25(22)12-10-16-6-2-1-3-7-16/h4-6,8-9,17H,1-3,7,10-15H2,(H,23,26)/t17-/m1/s1. The number of hydrogen-bond acceptors (Lipinski definition) is 6. The lowest BCUT2D eigenvalue weighted by molar-refractivity contribution is -0.119. The number of rotatable bonds is 7. The Bertz CT molecular complexity index is 1170. The van der Waals surface area contributed by atoms with Gasteiger partial charge in [-0.15, -0.1) is 0 Å². The zero-order valence-corrected chi connectivity index (χ0v) is 19.0. The van der Waals surface area contributed by atoms with Crippen LogP contribution in [0.15, 0.2) is 45.9 Å². The maximum absolute atomic E-state index is 13.1. The van der Waals surface area contributed by atoms with Gasteiger partial charge in [-0.25, -0.2) is 13.4 Å². The molecule has 2 aromatic rings. The highest BCUT2D eigenvalue weighted by molar-refractivity contribution is 7.99. The summed E-state index contributed by atoms with van der Waals surface area (Å²) in [4.78, 5) is 30.2. The van der Waals surface area contributed by atoms with Crippen LogP contribution in [0.4, 0.5) is 0 Å². The molecule has 7 nitrogen and oxygen atoms in total. The molecule has 1 aromatic heterocycles. The number of para-hydroxylation sites is 1. The zero-order valence-electron chi connectivity index (χ0n) is 17.4. The van der Waals surface area contributed by atoms with Gasteiger partial charge in [0.05, 0.1) is 28.2 Å². The van der Waals surface area contributed by atoms with Crippen LogP contribution in [-0.4, -0.2) is 47.2 Å². The van der Waals surface area contributed by atoms with Crippen molar-refractivity contribution in [2.24, 2.45) is 0 Å².